The Kier molecular flexibility index (Phi) is 7.49. The lowest BCUT2D eigenvalue weighted by atomic mass is 10.1. The summed E-state index contributed by atoms with van der Waals surface area (Å²) in [6.07, 6.45) is -3.95. The van der Waals surface area contributed by atoms with E-state index in [1.54, 1.807) is 24.4 Å². The second-order valence-corrected chi connectivity index (χ2v) is 10.3. The van der Waals surface area contributed by atoms with Gasteiger partial charge in [0.15, 0.2) is 6.23 Å². The Morgan fingerprint density at radius 3 is 2.56 bits per heavy atom. The molecule has 14 heteroatoms. The molecule has 0 radical (unpaired) electrons. The standard InChI is InChI=1S/C20H23Cl2N4O7P/c1-10(11-2-4-12(21)5-3-11)23-17-13-6-7-26(18(13)25-20(22)24-17)19-16(28)15(27)14(33-19)8-32-9-34(29,30)31/h2-7,10,14-16,19,27-28H,8-9H2,1H3,(H,23,24,25)(H2,29,30,31)/t10-,14+,15+,16+,19+/m0/s1. The molecule has 4 rings (SSSR count). The fourth-order valence-corrected chi connectivity index (χ4v) is 4.38. The number of aliphatic hydroxyl groups excluding tert-OH is 2. The summed E-state index contributed by atoms with van der Waals surface area (Å²) in [5.74, 6) is 0.464. The Morgan fingerprint density at radius 2 is 1.88 bits per heavy atom. The molecule has 1 saturated heterocycles. The summed E-state index contributed by atoms with van der Waals surface area (Å²) >= 11 is 12.1. The monoisotopic (exact) mass is 532 g/mol. The smallest absolute Gasteiger partial charge is 0.350 e. The van der Waals surface area contributed by atoms with Crippen molar-refractivity contribution in [3.63, 3.8) is 0 Å². The van der Waals surface area contributed by atoms with Crippen molar-refractivity contribution in [2.45, 2.75) is 37.5 Å². The number of rotatable bonds is 8. The van der Waals surface area contributed by atoms with Crippen molar-refractivity contribution in [1.29, 1.82) is 0 Å². The molecule has 2 aromatic heterocycles. The second-order valence-electron chi connectivity index (χ2n) is 7.93. The molecular formula is C20H23Cl2N4O7P. The molecule has 5 atom stereocenters. The van der Waals surface area contributed by atoms with Crippen LogP contribution in [-0.4, -0.2) is 65.8 Å². The van der Waals surface area contributed by atoms with Gasteiger partial charge in [0.05, 0.1) is 12.0 Å². The zero-order valence-corrected chi connectivity index (χ0v) is 20.2. The average molecular weight is 533 g/mol. The SMILES string of the molecule is C[C@H](Nc1nc(Cl)nc2c1ccn2[C@@H]1O[C@H](COCP(=O)(O)O)[C@@H](O)[C@H]1O)c1ccc(Cl)cc1. The number of aromatic nitrogens is 3. The lowest BCUT2D eigenvalue weighted by molar-refractivity contribution is -0.0610. The maximum Gasteiger partial charge on any atom is 0.350 e. The third kappa shape index (κ3) is 5.54. The highest BCUT2D eigenvalue weighted by Crippen LogP contribution is 2.37. The van der Waals surface area contributed by atoms with Crippen LogP contribution in [0.25, 0.3) is 11.0 Å². The molecule has 0 unspecified atom stereocenters. The first-order valence-corrected chi connectivity index (χ1v) is 12.8. The topological polar surface area (TPSA) is 159 Å². The first-order valence-electron chi connectivity index (χ1n) is 10.2. The van der Waals surface area contributed by atoms with Gasteiger partial charge in [-0.05, 0) is 42.3 Å². The van der Waals surface area contributed by atoms with Gasteiger partial charge < -0.3 is 39.4 Å². The van der Waals surface area contributed by atoms with Crippen LogP contribution in [0.4, 0.5) is 5.82 Å². The molecule has 3 heterocycles. The summed E-state index contributed by atoms with van der Waals surface area (Å²) in [7, 11) is -4.37. The summed E-state index contributed by atoms with van der Waals surface area (Å²) in [4.78, 5) is 26.4. The largest absolute Gasteiger partial charge is 0.387 e. The molecule has 1 aliphatic rings. The van der Waals surface area contributed by atoms with E-state index in [1.807, 2.05) is 19.1 Å². The van der Waals surface area contributed by atoms with Crippen molar-refractivity contribution in [2.75, 3.05) is 18.3 Å². The molecule has 1 fully saturated rings. The number of ether oxygens (including phenoxy) is 2. The maximum absolute atomic E-state index is 11.0. The van der Waals surface area contributed by atoms with E-state index in [1.165, 1.54) is 4.57 Å². The van der Waals surface area contributed by atoms with E-state index in [4.69, 9.17) is 42.5 Å². The van der Waals surface area contributed by atoms with Crippen molar-refractivity contribution in [2.24, 2.45) is 0 Å². The minimum atomic E-state index is -4.37. The average Bonchev–Trinajstić information content (AvgIpc) is 3.29. The summed E-state index contributed by atoms with van der Waals surface area (Å²) in [5.41, 5.74) is 1.33. The van der Waals surface area contributed by atoms with Crippen LogP contribution in [0, 0.1) is 0 Å². The lowest BCUT2D eigenvalue weighted by Gasteiger charge is -2.19. The van der Waals surface area contributed by atoms with E-state index < -0.39 is 38.5 Å². The van der Waals surface area contributed by atoms with Crippen LogP contribution in [0.15, 0.2) is 36.5 Å². The van der Waals surface area contributed by atoms with E-state index in [0.29, 0.717) is 21.9 Å². The zero-order chi connectivity index (χ0) is 24.6. The second kappa shape index (κ2) is 10.1. The van der Waals surface area contributed by atoms with Crippen LogP contribution < -0.4 is 5.32 Å². The molecular weight excluding hydrogens is 510 g/mol. The highest BCUT2D eigenvalue weighted by atomic mass is 35.5. The Labute approximate surface area is 204 Å². The third-order valence-electron chi connectivity index (χ3n) is 5.42. The quantitative estimate of drug-likeness (QED) is 0.215. The van der Waals surface area contributed by atoms with Crippen molar-refractivity contribution in [3.8, 4) is 0 Å². The Hall–Kier alpha value is -1.79. The molecule has 3 aromatic rings. The predicted molar refractivity (Wildman–Crippen MR) is 125 cm³/mol. The first kappa shape index (κ1) is 25.3. The molecule has 5 N–H and O–H groups in total. The lowest BCUT2D eigenvalue weighted by Crippen LogP contribution is -2.33. The molecule has 0 amide bonds. The number of benzene rings is 1. The van der Waals surface area contributed by atoms with Gasteiger partial charge in [0.2, 0.25) is 5.28 Å². The molecule has 0 saturated carbocycles. The van der Waals surface area contributed by atoms with Gasteiger partial charge in [0, 0.05) is 17.3 Å². The zero-order valence-electron chi connectivity index (χ0n) is 17.8. The fourth-order valence-electron chi connectivity index (χ4n) is 3.75. The number of fused-ring (bicyclic) bond motifs is 1. The molecule has 0 aliphatic carbocycles. The van der Waals surface area contributed by atoms with Crippen molar-refractivity contribution in [1.82, 2.24) is 14.5 Å². The van der Waals surface area contributed by atoms with E-state index in [2.05, 4.69) is 15.3 Å². The van der Waals surface area contributed by atoms with Crippen LogP contribution in [0.1, 0.15) is 24.8 Å². The Balaban J connectivity index is 1.56. The van der Waals surface area contributed by atoms with Gasteiger partial charge in [0.1, 0.15) is 36.1 Å². The van der Waals surface area contributed by atoms with Gasteiger partial charge in [0.25, 0.3) is 0 Å². The number of aliphatic hydroxyl groups is 2. The van der Waals surface area contributed by atoms with Crippen LogP contribution >= 0.6 is 30.8 Å². The number of halogens is 2. The normalized spacial score (nSPS) is 24.0. The molecule has 184 valence electrons. The minimum absolute atomic E-state index is 0.0344. The summed E-state index contributed by atoms with van der Waals surface area (Å²) < 4.78 is 23.2. The Morgan fingerprint density at radius 1 is 1.18 bits per heavy atom. The van der Waals surface area contributed by atoms with Gasteiger partial charge in [-0.1, -0.05) is 23.7 Å². The van der Waals surface area contributed by atoms with E-state index >= 15 is 0 Å². The molecule has 34 heavy (non-hydrogen) atoms. The van der Waals surface area contributed by atoms with Crippen LogP contribution in [0.2, 0.25) is 10.3 Å². The molecule has 1 aliphatic heterocycles. The molecule has 1 aromatic carbocycles. The number of hydrogen-bond acceptors (Lipinski definition) is 8. The fraction of sp³-hybridized carbons (Fsp3) is 0.400. The van der Waals surface area contributed by atoms with Gasteiger partial charge in [-0.3, -0.25) is 4.57 Å². The third-order valence-corrected chi connectivity index (χ3v) is 6.36. The highest BCUT2D eigenvalue weighted by Gasteiger charge is 2.44. The van der Waals surface area contributed by atoms with Gasteiger partial charge in [-0.2, -0.15) is 4.98 Å². The van der Waals surface area contributed by atoms with E-state index in [-0.39, 0.29) is 17.9 Å². The summed E-state index contributed by atoms with van der Waals surface area (Å²) in [6.45, 7) is 1.63. The van der Waals surface area contributed by atoms with Crippen LogP contribution in [0.3, 0.4) is 0 Å². The van der Waals surface area contributed by atoms with E-state index in [0.717, 1.165) is 5.56 Å². The van der Waals surface area contributed by atoms with Gasteiger partial charge in [-0.15, -0.1) is 0 Å². The minimum Gasteiger partial charge on any atom is -0.387 e. The maximum atomic E-state index is 11.0. The summed E-state index contributed by atoms with van der Waals surface area (Å²) in [6, 6.07) is 8.95. The highest BCUT2D eigenvalue weighted by molar-refractivity contribution is 7.51. The molecule has 0 spiro atoms. The molecule has 11 nitrogen and oxygen atoms in total. The molecule has 0 bridgehead atoms. The summed E-state index contributed by atoms with van der Waals surface area (Å²) in [5, 5.41) is 25.4. The van der Waals surface area contributed by atoms with Crippen molar-refractivity contribution < 1.29 is 34.0 Å². The van der Waals surface area contributed by atoms with Gasteiger partial charge in [-0.25, -0.2) is 4.98 Å². The van der Waals surface area contributed by atoms with Crippen LogP contribution in [-0.2, 0) is 14.0 Å². The van der Waals surface area contributed by atoms with E-state index in [9.17, 15) is 14.8 Å². The first-order chi connectivity index (χ1) is 16.0. The Bertz CT molecular complexity index is 1210. The number of hydrogen-bond donors (Lipinski definition) is 5. The number of anilines is 1. The number of nitrogens with zero attached hydrogens (tertiary/aromatic N) is 3. The predicted octanol–water partition coefficient (Wildman–Crippen LogP) is 2.68. The van der Waals surface area contributed by atoms with Crippen molar-refractivity contribution in [3.05, 3.63) is 52.4 Å². The van der Waals surface area contributed by atoms with Crippen molar-refractivity contribution >= 4 is 47.6 Å². The van der Waals surface area contributed by atoms with Crippen LogP contribution in [0.5, 0.6) is 0 Å². The number of nitrogens with one attached hydrogen (secondary N) is 1. The van der Waals surface area contributed by atoms with Gasteiger partial charge >= 0.3 is 7.60 Å².